The largest absolute Gasteiger partial charge is 0.497 e. The summed E-state index contributed by atoms with van der Waals surface area (Å²) < 4.78 is 5.26. The van der Waals surface area contributed by atoms with E-state index < -0.39 is 0 Å². The fourth-order valence-electron chi connectivity index (χ4n) is 2.96. The SMILES string of the molecule is COc1ccc2c(NCC3CCC(N)C3)nccc2c1. The molecule has 1 fully saturated rings. The molecule has 0 spiro atoms. The molecule has 0 aliphatic heterocycles. The number of anilines is 1. The van der Waals surface area contributed by atoms with Crippen molar-refractivity contribution in [1.82, 2.24) is 4.98 Å². The zero-order valence-electron chi connectivity index (χ0n) is 11.8. The highest BCUT2D eigenvalue weighted by atomic mass is 16.5. The van der Waals surface area contributed by atoms with Gasteiger partial charge in [-0.25, -0.2) is 4.98 Å². The Hall–Kier alpha value is -1.81. The molecular formula is C16H21N3O. The van der Waals surface area contributed by atoms with Crippen LogP contribution in [0.15, 0.2) is 30.5 Å². The topological polar surface area (TPSA) is 60.2 Å². The van der Waals surface area contributed by atoms with Crippen molar-refractivity contribution >= 4 is 16.6 Å². The third-order valence-corrected chi connectivity index (χ3v) is 4.11. The van der Waals surface area contributed by atoms with E-state index in [2.05, 4.69) is 16.4 Å². The molecule has 3 rings (SSSR count). The average Bonchev–Trinajstić information content (AvgIpc) is 2.90. The van der Waals surface area contributed by atoms with Crippen molar-refractivity contribution in [3.8, 4) is 5.75 Å². The molecule has 4 heteroatoms. The monoisotopic (exact) mass is 271 g/mol. The summed E-state index contributed by atoms with van der Waals surface area (Å²) in [5.74, 6) is 2.49. The smallest absolute Gasteiger partial charge is 0.133 e. The minimum absolute atomic E-state index is 0.381. The van der Waals surface area contributed by atoms with E-state index in [0.29, 0.717) is 12.0 Å². The standard InChI is InChI=1S/C16H21N3O/c1-20-14-4-5-15-12(9-14)6-7-18-16(15)19-10-11-2-3-13(17)8-11/h4-7,9,11,13H,2-3,8,10,17H2,1H3,(H,18,19). The first-order valence-electron chi connectivity index (χ1n) is 7.18. The van der Waals surface area contributed by atoms with Gasteiger partial charge in [0.05, 0.1) is 7.11 Å². The van der Waals surface area contributed by atoms with Gasteiger partial charge in [-0.05, 0) is 54.8 Å². The van der Waals surface area contributed by atoms with Crippen LogP contribution in [0.25, 0.3) is 10.8 Å². The highest BCUT2D eigenvalue weighted by molar-refractivity contribution is 5.92. The number of rotatable bonds is 4. The quantitative estimate of drug-likeness (QED) is 0.897. The summed E-state index contributed by atoms with van der Waals surface area (Å²) in [7, 11) is 1.69. The van der Waals surface area contributed by atoms with Crippen LogP contribution in [0, 0.1) is 5.92 Å². The molecule has 1 heterocycles. The lowest BCUT2D eigenvalue weighted by Gasteiger charge is -2.13. The van der Waals surface area contributed by atoms with Crippen molar-refractivity contribution in [2.45, 2.75) is 25.3 Å². The van der Waals surface area contributed by atoms with Gasteiger partial charge in [-0.3, -0.25) is 0 Å². The van der Waals surface area contributed by atoms with E-state index in [-0.39, 0.29) is 0 Å². The zero-order valence-corrected chi connectivity index (χ0v) is 11.8. The molecule has 4 nitrogen and oxygen atoms in total. The van der Waals surface area contributed by atoms with Crippen LogP contribution >= 0.6 is 0 Å². The first-order valence-corrected chi connectivity index (χ1v) is 7.18. The van der Waals surface area contributed by atoms with Crippen LogP contribution in [0.5, 0.6) is 5.75 Å². The van der Waals surface area contributed by atoms with Crippen LogP contribution in [0.1, 0.15) is 19.3 Å². The number of methoxy groups -OCH3 is 1. The third-order valence-electron chi connectivity index (χ3n) is 4.11. The van der Waals surface area contributed by atoms with E-state index in [4.69, 9.17) is 10.5 Å². The van der Waals surface area contributed by atoms with Gasteiger partial charge in [0.25, 0.3) is 0 Å². The second-order valence-corrected chi connectivity index (χ2v) is 5.57. The molecule has 1 aliphatic rings. The zero-order chi connectivity index (χ0) is 13.9. The number of benzene rings is 1. The molecule has 1 saturated carbocycles. The Bertz CT molecular complexity index is 599. The second kappa shape index (κ2) is 5.67. The Labute approximate surface area is 119 Å². The summed E-state index contributed by atoms with van der Waals surface area (Å²) in [5.41, 5.74) is 5.96. The van der Waals surface area contributed by atoms with E-state index in [1.54, 1.807) is 7.11 Å². The van der Waals surface area contributed by atoms with Gasteiger partial charge in [-0.1, -0.05) is 0 Å². The summed E-state index contributed by atoms with van der Waals surface area (Å²) in [4.78, 5) is 4.46. The first kappa shape index (κ1) is 13.2. The van der Waals surface area contributed by atoms with Crippen LogP contribution in [-0.4, -0.2) is 24.7 Å². The van der Waals surface area contributed by atoms with Gasteiger partial charge in [-0.2, -0.15) is 0 Å². The lowest BCUT2D eigenvalue weighted by molar-refractivity contribution is 0.415. The number of aromatic nitrogens is 1. The number of fused-ring (bicyclic) bond motifs is 1. The van der Waals surface area contributed by atoms with Gasteiger partial charge in [-0.15, -0.1) is 0 Å². The summed E-state index contributed by atoms with van der Waals surface area (Å²) in [6.07, 6.45) is 5.31. The van der Waals surface area contributed by atoms with E-state index in [9.17, 15) is 0 Å². The molecule has 2 unspecified atom stereocenters. The summed E-state index contributed by atoms with van der Waals surface area (Å²) in [6, 6.07) is 8.46. The van der Waals surface area contributed by atoms with Crippen LogP contribution in [-0.2, 0) is 0 Å². The fourth-order valence-corrected chi connectivity index (χ4v) is 2.96. The molecule has 1 aromatic carbocycles. The number of hydrogen-bond donors (Lipinski definition) is 2. The Kier molecular flexibility index (Phi) is 3.74. The van der Waals surface area contributed by atoms with Crippen LogP contribution < -0.4 is 15.8 Å². The summed E-state index contributed by atoms with van der Waals surface area (Å²) in [6.45, 7) is 0.950. The van der Waals surface area contributed by atoms with E-state index in [0.717, 1.165) is 41.7 Å². The summed E-state index contributed by atoms with van der Waals surface area (Å²) in [5, 5.41) is 5.76. The Balaban J connectivity index is 1.77. The molecular weight excluding hydrogens is 250 g/mol. The van der Waals surface area contributed by atoms with Crippen LogP contribution in [0.4, 0.5) is 5.82 Å². The number of ether oxygens (including phenoxy) is 1. The van der Waals surface area contributed by atoms with E-state index in [1.807, 2.05) is 24.4 Å². The molecule has 0 saturated heterocycles. The third kappa shape index (κ3) is 2.70. The number of pyridine rings is 1. The predicted molar refractivity (Wildman–Crippen MR) is 82.1 cm³/mol. The highest BCUT2D eigenvalue weighted by Gasteiger charge is 2.21. The number of nitrogens with zero attached hydrogens (tertiary/aromatic N) is 1. The lowest BCUT2D eigenvalue weighted by Crippen LogP contribution is -2.18. The number of nitrogens with one attached hydrogen (secondary N) is 1. The van der Waals surface area contributed by atoms with Gasteiger partial charge in [0.15, 0.2) is 0 Å². The van der Waals surface area contributed by atoms with Gasteiger partial charge >= 0.3 is 0 Å². The fraction of sp³-hybridized carbons (Fsp3) is 0.438. The van der Waals surface area contributed by atoms with Crippen LogP contribution in [0.3, 0.4) is 0 Å². The van der Waals surface area contributed by atoms with Crippen LogP contribution in [0.2, 0.25) is 0 Å². The average molecular weight is 271 g/mol. The molecule has 2 atom stereocenters. The molecule has 0 bridgehead atoms. The van der Waals surface area contributed by atoms with Gasteiger partial charge in [0, 0.05) is 24.2 Å². The molecule has 1 aliphatic carbocycles. The Morgan fingerprint density at radius 1 is 1.35 bits per heavy atom. The normalized spacial score (nSPS) is 22.1. The van der Waals surface area contributed by atoms with Crippen molar-refractivity contribution in [2.24, 2.45) is 11.7 Å². The Morgan fingerprint density at radius 3 is 3.00 bits per heavy atom. The highest BCUT2D eigenvalue weighted by Crippen LogP contribution is 2.27. The minimum Gasteiger partial charge on any atom is -0.497 e. The van der Waals surface area contributed by atoms with Crippen molar-refractivity contribution in [2.75, 3.05) is 19.0 Å². The molecule has 20 heavy (non-hydrogen) atoms. The molecule has 3 N–H and O–H groups in total. The predicted octanol–water partition coefficient (Wildman–Crippen LogP) is 2.78. The second-order valence-electron chi connectivity index (χ2n) is 5.57. The molecule has 1 aromatic heterocycles. The van der Waals surface area contributed by atoms with Crippen molar-refractivity contribution in [1.29, 1.82) is 0 Å². The minimum atomic E-state index is 0.381. The molecule has 106 valence electrons. The summed E-state index contributed by atoms with van der Waals surface area (Å²) >= 11 is 0. The lowest BCUT2D eigenvalue weighted by atomic mass is 10.1. The van der Waals surface area contributed by atoms with E-state index >= 15 is 0 Å². The van der Waals surface area contributed by atoms with Crippen molar-refractivity contribution < 1.29 is 4.74 Å². The van der Waals surface area contributed by atoms with Crippen molar-refractivity contribution in [3.63, 3.8) is 0 Å². The van der Waals surface area contributed by atoms with E-state index in [1.165, 1.54) is 6.42 Å². The number of hydrogen-bond acceptors (Lipinski definition) is 4. The van der Waals surface area contributed by atoms with Gasteiger partial charge < -0.3 is 15.8 Å². The van der Waals surface area contributed by atoms with Gasteiger partial charge in [0.2, 0.25) is 0 Å². The maximum Gasteiger partial charge on any atom is 0.133 e. The molecule has 0 amide bonds. The first-order chi connectivity index (χ1) is 9.76. The Morgan fingerprint density at radius 2 is 2.25 bits per heavy atom. The molecule has 2 aromatic rings. The van der Waals surface area contributed by atoms with Crippen molar-refractivity contribution in [3.05, 3.63) is 30.5 Å². The molecule has 0 radical (unpaired) electrons. The maximum absolute atomic E-state index is 5.96. The maximum atomic E-state index is 5.96. The van der Waals surface area contributed by atoms with Gasteiger partial charge in [0.1, 0.15) is 11.6 Å². The number of nitrogens with two attached hydrogens (primary N) is 1.